The van der Waals surface area contributed by atoms with Crippen molar-refractivity contribution >= 4 is 27.3 Å². The molecule has 8 heteroatoms. The van der Waals surface area contributed by atoms with Crippen molar-refractivity contribution in [3.63, 3.8) is 0 Å². The molecule has 1 amide bonds. The number of hydrogen-bond donors (Lipinski definition) is 2. The standard InChI is InChI=1S/C12H13N3O3S2/c13-20(17,18)11-3-1-9(2-4-11)12(16)14-6-5-10-7-19-8-15-10/h1-4,7-8H,5-6H2,(H,14,16)(H2,13,17,18). The average molecular weight is 311 g/mol. The molecule has 0 aliphatic carbocycles. The highest BCUT2D eigenvalue weighted by molar-refractivity contribution is 7.89. The minimum absolute atomic E-state index is 0.0171. The number of benzene rings is 1. The van der Waals surface area contributed by atoms with E-state index in [2.05, 4.69) is 10.3 Å². The number of thiazole rings is 1. The van der Waals surface area contributed by atoms with E-state index in [1.54, 1.807) is 5.51 Å². The highest BCUT2D eigenvalue weighted by Gasteiger charge is 2.10. The van der Waals surface area contributed by atoms with Crippen molar-refractivity contribution < 1.29 is 13.2 Å². The number of carbonyl (C=O) groups excluding carboxylic acids is 1. The molecule has 1 aromatic heterocycles. The fourth-order valence-corrected chi connectivity index (χ4v) is 2.67. The van der Waals surface area contributed by atoms with Gasteiger partial charge in [0.2, 0.25) is 10.0 Å². The average Bonchev–Trinajstić information content (AvgIpc) is 2.91. The van der Waals surface area contributed by atoms with Gasteiger partial charge < -0.3 is 5.32 Å². The molecule has 0 saturated carbocycles. The Balaban J connectivity index is 1.92. The number of nitrogens with zero attached hydrogens (tertiary/aromatic N) is 1. The van der Waals surface area contributed by atoms with Gasteiger partial charge in [-0.1, -0.05) is 0 Å². The first-order chi connectivity index (χ1) is 9.47. The SMILES string of the molecule is NS(=O)(=O)c1ccc(C(=O)NCCc2cscn2)cc1. The summed E-state index contributed by atoms with van der Waals surface area (Å²) in [6.45, 7) is 0.472. The van der Waals surface area contributed by atoms with Crippen LogP contribution in [-0.2, 0) is 16.4 Å². The monoisotopic (exact) mass is 311 g/mol. The van der Waals surface area contributed by atoms with E-state index in [4.69, 9.17) is 5.14 Å². The maximum absolute atomic E-state index is 11.8. The minimum atomic E-state index is -3.73. The van der Waals surface area contributed by atoms with Crippen LogP contribution in [0.1, 0.15) is 16.1 Å². The predicted octanol–water partition coefficient (Wildman–Crippen LogP) is 0.763. The van der Waals surface area contributed by atoms with E-state index in [9.17, 15) is 13.2 Å². The third-order valence-corrected chi connectivity index (χ3v) is 4.16. The molecule has 2 aromatic rings. The largest absolute Gasteiger partial charge is 0.352 e. The summed E-state index contributed by atoms with van der Waals surface area (Å²) in [5, 5.41) is 9.65. The zero-order valence-corrected chi connectivity index (χ0v) is 12.1. The van der Waals surface area contributed by atoms with E-state index in [0.717, 1.165) is 5.69 Å². The maximum atomic E-state index is 11.8. The molecular formula is C12H13N3O3S2. The van der Waals surface area contributed by atoms with E-state index in [-0.39, 0.29) is 10.8 Å². The van der Waals surface area contributed by atoms with Gasteiger partial charge in [0.05, 0.1) is 16.1 Å². The molecule has 0 radical (unpaired) electrons. The summed E-state index contributed by atoms with van der Waals surface area (Å²) in [7, 11) is -3.73. The Morgan fingerprint density at radius 1 is 1.30 bits per heavy atom. The lowest BCUT2D eigenvalue weighted by atomic mass is 10.2. The van der Waals surface area contributed by atoms with Crippen LogP contribution in [0.25, 0.3) is 0 Å². The molecule has 0 atom stereocenters. The molecule has 0 fully saturated rings. The molecule has 1 heterocycles. The molecule has 106 valence electrons. The molecule has 0 bridgehead atoms. The summed E-state index contributed by atoms with van der Waals surface area (Å²) < 4.78 is 22.2. The first kappa shape index (κ1) is 14.6. The molecule has 1 aromatic carbocycles. The molecule has 0 saturated heterocycles. The van der Waals surface area contributed by atoms with E-state index >= 15 is 0 Å². The van der Waals surface area contributed by atoms with Gasteiger partial charge in [-0.3, -0.25) is 4.79 Å². The van der Waals surface area contributed by atoms with Crippen molar-refractivity contribution in [2.75, 3.05) is 6.54 Å². The molecule has 0 aliphatic heterocycles. The molecule has 0 spiro atoms. The minimum Gasteiger partial charge on any atom is -0.352 e. The Labute approximate surface area is 120 Å². The Kier molecular flexibility index (Phi) is 4.48. The van der Waals surface area contributed by atoms with Crippen molar-refractivity contribution in [2.24, 2.45) is 5.14 Å². The Morgan fingerprint density at radius 2 is 2.00 bits per heavy atom. The summed E-state index contributed by atoms with van der Waals surface area (Å²) in [4.78, 5) is 15.9. The Bertz CT molecular complexity index is 679. The second-order valence-corrected chi connectivity index (χ2v) is 6.34. The van der Waals surface area contributed by atoms with Gasteiger partial charge in [0.15, 0.2) is 0 Å². The summed E-state index contributed by atoms with van der Waals surface area (Å²) >= 11 is 1.51. The highest BCUT2D eigenvalue weighted by Crippen LogP contribution is 2.08. The van der Waals surface area contributed by atoms with E-state index < -0.39 is 10.0 Å². The number of amides is 1. The van der Waals surface area contributed by atoms with Crippen molar-refractivity contribution in [1.82, 2.24) is 10.3 Å². The number of primary sulfonamides is 1. The van der Waals surface area contributed by atoms with Crippen LogP contribution in [-0.4, -0.2) is 25.9 Å². The van der Waals surface area contributed by atoms with Crippen LogP contribution in [0.2, 0.25) is 0 Å². The molecule has 3 N–H and O–H groups in total. The zero-order valence-electron chi connectivity index (χ0n) is 10.4. The lowest BCUT2D eigenvalue weighted by Gasteiger charge is -2.05. The molecule has 6 nitrogen and oxygen atoms in total. The molecule has 0 aliphatic rings. The maximum Gasteiger partial charge on any atom is 0.251 e. The van der Waals surface area contributed by atoms with Crippen LogP contribution >= 0.6 is 11.3 Å². The number of nitrogens with two attached hydrogens (primary N) is 1. The quantitative estimate of drug-likeness (QED) is 0.851. The topological polar surface area (TPSA) is 102 Å². The van der Waals surface area contributed by atoms with Crippen LogP contribution < -0.4 is 10.5 Å². The van der Waals surface area contributed by atoms with Gasteiger partial charge in [0, 0.05) is 23.9 Å². The fourth-order valence-electron chi connectivity index (χ4n) is 1.56. The first-order valence-corrected chi connectivity index (χ1v) is 8.24. The van der Waals surface area contributed by atoms with Gasteiger partial charge >= 0.3 is 0 Å². The van der Waals surface area contributed by atoms with Crippen molar-refractivity contribution in [1.29, 1.82) is 0 Å². The third-order valence-electron chi connectivity index (χ3n) is 2.60. The molecule has 20 heavy (non-hydrogen) atoms. The van der Waals surface area contributed by atoms with Gasteiger partial charge in [-0.15, -0.1) is 11.3 Å². The van der Waals surface area contributed by atoms with Crippen LogP contribution in [0, 0.1) is 0 Å². The second kappa shape index (κ2) is 6.12. The van der Waals surface area contributed by atoms with Gasteiger partial charge in [-0.2, -0.15) is 0 Å². The van der Waals surface area contributed by atoms with E-state index in [0.29, 0.717) is 18.5 Å². The van der Waals surface area contributed by atoms with Crippen molar-refractivity contribution in [2.45, 2.75) is 11.3 Å². The second-order valence-electron chi connectivity index (χ2n) is 4.06. The van der Waals surface area contributed by atoms with E-state index in [1.165, 1.54) is 35.6 Å². The summed E-state index contributed by atoms with van der Waals surface area (Å²) in [6.07, 6.45) is 0.657. The number of carbonyl (C=O) groups is 1. The number of sulfonamides is 1. The Hall–Kier alpha value is -1.77. The summed E-state index contributed by atoms with van der Waals surface area (Å²) in [5.74, 6) is -0.263. The molecular weight excluding hydrogens is 298 g/mol. The highest BCUT2D eigenvalue weighted by atomic mass is 32.2. The predicted molar refractivity (Wildman–Crippen MR) is 76.0 cm³/mol. The van der Waals surface area contributed by atoms with Crippen LogP contribution in [0.5, 0.6) is 0 Å². The number of hydrogen-bond acceptors (Lipinski definition) is 5. The lowest BCUT2D eigenvalue weighted by Crippen LogP contribution is -2.25. The smallest absolute Gasteiger partial charge is 0.251 e. The fraction of sp³-hybridized carbons (Fsp3) is 0.167. The third kappa shape index (κ3) is 3.86. The molecule has 0 unspecified atom stereocenters. The van der Waals surface area contributed by atoms with E-state index in [1.807, 2.05) is 5.38 Å². The molecule has 2 rings (SSSR count). The first-order valence-electron chi connectivity index (χ1n) is 5.75. The number of rotatable bonds is 5. The van der Waals surface area contributed by atoms with Crippen molar-refractivity contribution in [3.8, 4) is 0 Å². The summed E-state index contributed by atoms with van der Waals surface area (Å²) in [6, 6.07) is 5.48. The van der Waals surface area contributed by atoms with Gasteiger partial charge in [-0.05, 0) is 24.3 Å². The van der Waals surface area contributed by atoms with Gasteiger partial charge in [-0.25, -0.2) is 18.5 Å². The lowest BCUT2D eigenvalue weighted by molar-refractivity contribution is 0.0954. The number of aromatic nitrogens is 1. The van der Waals surface area contributed by atoms with Crippen molar-refractivity contribution in [3.05, 3.63) is 46.4 Å². The normalized spacial score (nSPS) is 11.2. The van der Waals surface area contributed by atoms with Crippen LogP contribution in [0.15, 0.2) is 40.1 Å². The summed E-state index contributed by atoms with van der Waals surface area (Å²) in [5.41, 5.74) is 3.05. The van der Waals surface area contributed by atoms with Gasteiger partial charge in [0.25, 0.3) is 5.91 Å². The Morgan fingerprint density at radius 3 is 2.55 bits per heavy atom. The number of nitrogens with one attached hydrogen (secondary N) is 1. The van der Waals surface area contributed by atoms with Crippen LogP contribution in [0.4, 0.5) is 0 Å². The van der Waals surface area contributed by atoms with Crippen LogP contribution in [0.3, 0.4) is 0 Å². The zero-order chi connectivity index (χ0) is 14.6. The van der Waals surface area contributed by atoms with Gasteiger partial charge in [0.1, 0.15) is 0 Å².